The summed E-state index contributed by atoms with van der Waals surface area (Å²) in [6, 6.07) is 19.1. The summed E-state index contributed by atoms with van der Waals surface area (Å²) in [5.41, 5.74) is 3.74. The molecule has 9 heteroatoms. The highest BCUT2D eigenvalue weighted by molar-refractivity contribution is 7.14. The van der Waals surface area contributed by atoms with Gasteiger partial charge < -0.3 is 20.7 Å². The SMILES string of the molecule is CCCCCCCOc1ccc(-c2cnc(-c3ccc(CC(NC(=O)c4ccc(C(C)(C)C)s4)C(=O)NCC4CCNC4)cc3)nc2)cc1. The Kier molecular flexibility index (Phi) is 13.0. The number of aromatic nitrogens is 2. The monoisotopic (exact) mass is 681 g/mol. The van der Waals surface area contributed by atoms with Crippen LogP contribution < -0.4 is 20.7 Å². The van der Waals surface area contributed by atoms with Crippen LogP contribution >= 0.6 is 11.3 Å². The number of nitrogens with zero attached hydrogens (tertiary/aromatic N) is 2. The molecule has 2 aromatic heterocycles. The molecule has 1 aliphatic rings. The summed E-state index contributed by atoms with van der Waals surface area (Å²) < 4.78 is 5.91. The summed E-state index contributed by atoms with van der Waals surface area (Å²) in [5, 5.41) is 9.46. The van der Waals surface area contributed by atoms with Crippen molar-refractivity contribution in [1.82, 2.24) is 25.9 Å². The Labute approximate surface area is 295 Å². The Morgan fingerprint density at radius 2 is 1.63 bits per heavy atom. The van der Waals surface area contributed by atoms with Crippen LogP contribution in [-0.2, 0) is 16.6 Å². The molecular formula is C40H51N5O3S. The normalized spacial score (nSPS) is 15.1. The van der Waals surface area contributed by atoms with Crippen molar-refractivity contribution in [2.24, 2.45) is 5.92 Å². The van der Waals surface area contributed by atoms with Gasteiger partial charge in [-0.2, -0.15) is 0 Å². The Balaban J connectivity index is 1.20. The van der Waals surface area contributed by atoms with E-state index in [1.807, 2.05) is 73.1 Å². The van der Waals surface area contributed by atoms with Gasteiger partial charge >= 0.3 is 0 Å². The second-order valence-electron chi connectivity index (χ2n) is 14.0. The van der Waals surface area contributed by atoms with E-state index in [1.165, 1.54) is 37.0 Å². The molecule has 1 fully saturated rings. The number of carbonyl (C=O) groups is 2. The van der Waals surface area contributed by atoms with Gasteiger partial charge in [-0.25, -0.2) is 9.97 Å². The average molecular weight is 682 g/mol. The second kappa shape index (κ2) is 17.5. The van der Waals surface area contributed by atoms with E-state index in [0.29, 0.717) is 29.6 Å². The molecule has 260 valence electrons. The lowest BCUT2D eigenvalue weighted by molar-refractivity contribution is -0.123. The fourth-order valence-electron chi connectivity index (χ4n) is 5.85. The molecule has 0 radical (unpaired) electrons. The zero-order valence-electron chi connectivity index (χ0n) is 29.4. The number of rotatable bonds is 16. The van der Waals surface area contributed by atoms with Gasteiger partial charge in [0.25, 0.3) is 5.91 Å². The third-order valence-corrected chi connectivity index (χ3v) is 10.4. The van der Waals surface area contributed by atoms with E-state index in [9.17, 15) is 9.59 Å². The van der Waals surface area contributed by atoms with E-state index in [2.05, 4.69) is 53.6 Å². The Morgan fingerprint density at radius 3 is 2.29 bits per heavy atom. The smallest absolute Gasteiger partial charge is 0.262 e. The van der Waals surface area contributed by atoms with Crippen LogP contribution in [0.5, 0.6) is 5.75 Å². The molecular weight excluding hydrogens is 631 g/mol. The van der Waals surface area contributed by atoms with E-state index in [1.54, 1.807) is 0 Å². The molecule has 2 amide bonds. The molecule has 3 N–H and O–H groups in total. The molecule has 8 nitrogen and oxygen atoms in total. The zero-order valence-corrected chi connectivity index (χ0v) is 30.2. The van der Waals surface area contributed by atoms with E-state index < -0.39 is 6.04 Å². The highest BCUT2D eigenvalue weighted by Crippen LogP contribution is 2.29. The third-order valence-electron chi connectivity index (χ3n) is 8.93. The maximum atomic E-state index is 13.4. The number of unbranched alkanes of at least 4 members (excludes halogenated alkanes) is 4. The van der Waals surface area contributed by atoms with Crippen molar-refractivity contribution in [3.05, 3.63) is 88.4 Å². The number of amides is 2. The summed E-state index contributed by atoms with van der Waals surface area (Å²) in [7, 11) is 0. The maximum Gasteiger partial charge on any atom is 0.262 e. The van der Waals surface area contributed by atoms with Gasteiger partial charge in [0.15, 0.2) is 5.82 Å². The predicted octanol–water partition coefficient (Wildman–Crippen LogP) is 7.59. The van der Waals surface area contributed by atoms with Crippen LogP contribution in [0, 0.1) is 5.92 Å². The summed E-state index contributed by atoms with van der Waals surface area (Å²) >= 11 is 1.48. The standard InChI is InChI=1S/C40H51N5O3S/c1-5-6-7-8-9-22-48-33-16-14-30(15-17-33)32-26-42-37(43-27-32)31-12-10-28(11-13-31)23-34(38(46)44-25-29-20-21-41-24-29)45-39(47)35-18-19-36(49-35)40(2,3)4/h10-19,26-27,29,34,41H,5-9,20-25H2,1-4H3,(H,44,46)(H,45,47). The van der Waals surface area contributed by atoms with Crippen LogP contribution in [0.2, 0.25) is 0 Å². The first-order chi connectivity index (χ1) is 23.7. The molecule has 0 saturated carbocycles. The van der Waals surface area contributed by atoms with E-state index >= 15 is 0 Å². The lowest BCUT2D eigenvalue weighted by atomic mass is 9.95. The van der Waals surface area contributed by atoms with Crippen molar-refractivity contribution in [1.29, 1.82) is 0 Å². The molecule has 5 rings (SSSR count). The van der Waals surface area contributed by atoms with Crippen molar-refractivity contribution < 1.29 is 14.3 Å². The van der Waals surface area contributed by atoms with Crippen molar-refractivity contribution in [3.8, 4) is 28.3 Å². The minimum atomic E-state index is -0.703. The Hall–Kier alpha value is -4.08. The van der Waals surface area contributed by atoms with Crippen LogP contribution in [-0.4, -0.2) is 54.1 Å². The van der Waals surface area contributed by atoms with Gasteiger partial charge in [-0.3, -0.25) is 9.59 Å². The number of nitrogens with one attached hydrogen (secondary N) is 3. The number of benzene rings is 2. The van der Waals surface area contributed by atoms with E-state index in [-0.39, 0.29) is 17.2 Å². The molecule has 0 aliphatic carbocycles. The first-order valence-electron chi connectivity index (χ1n) is 17.7. The average Bonchev–Trinajstić information content (AvgIpc) is 3.83. The van der Waals surface area contributed by atoms with Gasteiger partial charge in [-0.05, 0) is 72.7 Å². The van der Waals surface area contributed by atoms with E-state index in [4.69, 9.17) is 4.74 Å². The van der Waals surface area contributed by atoms with Crippen LogP contribution in [0.1, 0.15) is 86.3 Å². The maximum absolute atomic E-state index is 13.4. The first-order valence-corrected chi connectivity index (χ1v) is 18.6. The molecule has 1 aliphatic heterocycles. The van der Waals surface area contributed by atoms with Gasteiger partial charge in [0.05, 0.1) is 11.5 Å². The molecule has 0 bridgehead atoms. The van der Waals surface area contributed by atoms with Crippen molar-refractivity contribution in [2.75, 3.05) is 26.2 Å². The largest absolute Gasteiger partial charge is 0.494 e. The summed E-state index contributed by atoms with van der Waals surface area (Å²) in [6.07, 6.45) is 11.2. The molecule has 4 aromatic rings. The quantitative estimate of drug-likeness (QED) is 0.105. The topological polar surface area (TPSA) is 105 Å². The molecule has 2 aromatic carbocycles. The highest BCUT2D eigenvalue weighted by atomic mass is 32.1. The highest BCUT2D eigenvalue weighted by Gasteiger charge is 2.25. The minimum Gasteiger partial charge on any atom is -0.494 e. The van der Waals surface area contributed by atoms with Crippen LogP contribution in [0.3, 0.4) is 0 Å². The fourth-order valence-corrected chi connectivity index (χ4v) is 6.82. The summed E-state index contributed by atoms with van der Waals surface area (Å²) in [5.74, 6) is 1.51. The minimum absolute atomic E-state index is 0.0468. The Morgan fingerprint density at radius 1 is 0.918 bits per heavy atom. The van der Waals surface area contributed by atoms with Crippen molar-refractivity contribution in [2.45, 2.75) is 84.1 Å². The number of hydrogen-bond donors (Lipinski definition) is 3. The predicted molar refractivity (Wildman–Crippen MR) is 199 cm³/mol. The second-order valence-corrected chi connectivity index (χ2v) is 15.1. The zero-order chi connectivity index (χ0) is 34.6. The van der Waals surface area contributed by atoms with Gasteiger partial charge in [-0.15, -0.1) is 11.3 Å². The first kappa shape index (κ1) is 36.2. The lowest BCUT2D eigenvalue weighted by Gasteiger charge is -2.20. The number of hydrogen-bond acceptors (Lipinski definition) is 7. The van der Waals surface area contributed by atoms with Gasteiger partial charge in [-0.1, -0.05) is 89.8 Å². The molecule has 49 heavy (non-hydrogen) atoms. The van der Waals surface area contributed by atoms with Crippen LogP contribution in [0.15, 0.2) is 73.1 Å². The van der Waals surface area contributed by atoms with Crippen molar-refractivity contribution >= 4 is 23.2 Å². The van der Waals surface area contributed by atoms with E-state index in [0.717, 1.165) is 65.4 Å². The van der Waals surface area contributed by atoms with Crippen LogP contribution in [0.25, 0.3) is 22.5 Å². The molecule has 3 heterocycles. The summed E-state index contributed by atoms with van der Waals surface area (Å²) in [6.45, 7) is 11.8. The van der Waals surface area contributed by atoms with Gasteiger partial charge in [0.1, 0.15) is 11.8 Å². The van der Waals surface area contributed by atoms with Crippen molar-refractivity contribution in [3.63, 3.8) is 0 Å². The molecule has 2 atom stereocenters. The van der Waals surface area contributed by atoms with Crippen LogP contribution in [0.4, 0.5) is 0 Å². The number of ether oxygens (including phenoxy) is 1. The number of carbonyl (C=O) groups excluding carboxylic acids is 2. The third kappa shape index (κ3) is 10.7. The Bertz CT molecular complexity index is 1620. The molecule has 2 unspecified atom stereocenters. The molecule has 1 saturated heterocycles. The van der Waals surface area contributed by atoms with Gasteiger partial charge in [0.2, 0.25) is 5.91 Å². The molecule has 0 spiro atoms. The fraction of sp³-hybridized carbons (Fsp3) is 0.450. The number of thiophene rings is 1. The lowest BCUT2D eigenvalue weighted by Crippen LogP contribution is -2.49. The van der Waals surface area contributed by atoms with Gasteiger partial charge in [0, 0.05) is 41.4 Å². The summed E-state index contributed by atoms with van der Waals surface area (Å²) in [4.78, 5) is 37.7.